The first-order chi connectivity index (χ1) is 3.81. The van der Waals surface area contributed by atoms with Crippen LogP contribution in [0.4, 0.5) is 13.2 Å². The van der Waals surface area contributed by atoms with E-state index in [4.69, 9.17) is 5.11 Å². The van der Waals surface area contributed by atoms with Crippen LogP contribution < -0.4 is 0 Å². The van der Waals surface area contributed by atoms with E-state index in [-0.39, 0.29) is 0 Å². The molecule has 0 bridgehead atoms. The number of hydrogen-bond acceptors (Lipinski definition) is 1. The lowest BCUT2D eigenvalue weighted by atomic mass is 10.2. The van der Waals surface area contributed by atoms with Gasteiger partial charge in [-0.25, -0.2) is 0 Å². The van der Waals surface area contributed by atoms with Gasteiger partial charge >= 0.3 is 12.0 Å². The van der Waals surface area contributed by atoms with Gasteiger partial charge in [0.1, 0.15) is 0 Å². The van der Waals surface area contributed by atoms with Crippen molar-refractivity contribution in [3.8, 4) is 0 Å². The van der Waals surface area contributed by atoms with Crippen molar-refractivity contribution < 1.29 is 23.4 Å². The fourth-order valence-electron chi connectivity index (χ4n) is 0.218. The first-order valence-corrected chi connectivity index (χ1v) is 2.31. The maximum atomic E-state index is 11.7. The lowest BCUT2D eigenvalue weighted by Gasteiger charge is -2.18. The van der Waals surface area contributed by atoms with Crippen molar-refractivity contribution in [1.29, 1.82) is 0 Å². The molecule has 5 heteroatoms. The second kappa shape index (κ2) is 2.15. The monoisotopic (exact) mass is 143 g/mol. The summed E-state index contributed by atoms with van der Waals surface area (Å²) in [4.78, 5) is 0. The minimum absolute atomic E-state index is 0.905. The average Bonchev–Trinajstić information content (AvgIpc) is 1.64. The Labute approximate surface area is 49.9 Å². The van der Waals surface area contributed by atoms with Crippen LogP contribution in [-0.4, -0.2) is 17.1 Å². The summed E-state index contributed by atoms with van der Waals surface area (Å²) >= 11 is 0. The summed E-state index contributed by atoms with van der Waals surface area (Å²) in [6.45, 7) is 0.905. The Bertz CT molecular complexity index is 96.5. The van der Waals surface area contributed by atoms with Crippen LogP contribution in [0.15, 0.2) is 0 Å². The Morgan fingerprint density at radius 3 is 1.78 bits per heavy atom. The topological polar surface area (TPSA) is 40.1 Å². The molecule has 1 N–H and O–H groups in total. The first-order valence-electron chi connectivity index (χ1n) is 2.31. The molecule has 55 valence electrons. The zero-order valence-electron chi connectivity index (χ0n) is 4.70. The molecule has 0 aliphatic heterocycles. The highest BCUT2D eigenvalue weighted by molar-refractivity contribution is 4.71. The number of hydrogen-bond donors (Lipinski definition) is 1. The van der Waals surface area contributed by atoms with E-state index in [0.29, 0.717) is 0 Å². The molecule has 9 heavy (non-hydrogen) atoms. The average molecular weight is 143 g/mol. The highest BCUT2D eigenvalue weighted by Crippen LogP contribution is 2.30. The van der Waals surface area contributed by atoms with E-state index in [2.05, 4.69) is 0 Å². The lowest BCUT2D eigenvalue weighted by Crippen LogP contribution is -2.42. The SMILES string of the molecule is CCC(F)(F)C([O])(O)F. The summed E-state index contributed by atoms with van der Waals surface area (Å²) in [5.74, 6) is -4.19. The van der Waals surface area contributed by atoms with Gasteiger partial charge in [-0.2, -0.15) is 18.3 Å². The van der Waals surface area contributed by atoms with Crippen molar-refractivity contribution in [3.63, 3.8) is 0 Å². The molecule has 1 radical (unpaired) electrons. The predicted molar refractivity (Wildman–Crippen MR) is 22.0 cm³/mol. The van der Waals surface area contributed by atoms with Gasteiger partial charge < -0.3 is 5.11 Å². The van der Waals surface area contributed by atoms with E-state index >= 15 is 0 Å². The Kier molecular flexibility index (Phi) is 2.08. The molecule has 0 aliphatic carbocycles. The van der Waals surface area contributed by atoms with Crippen LogP contribution in [-0.2, 0) is 5.11 Å². The van der Waals surface area contributed by atoms with Crippen molar-refractivity contribution in [3.05, 3.63) is 0 Å². The van der Waals surface area contributed by atoms with Crippen LogP contribution in [0.3, 0.4) is 0 Å². The standard InChI is InChI=1S/C4H6F3O2/c1-2-3(5,6)4(7,8)9/h8H,2H2,1H3. The first kappa shape index (κ1) is 8.71. The predicted octanol–water partition coefficient (Wildman–Crippen LogP) is 1.08. The van der Waals surface area contributed by atoms with E-state index in [1.54, 1.807) is 0 Å². The summed E-state index contributed by atoms with van der Waals surface area (Å²) in [6, 6.07) is -4.64. The van der Waals surface area contributed by atoms with Crippen LogP contribution in [0.2, 0.25) is 0 Å². The molecular formula is C4H6F3O2. The number of halogens is 3. The van der Waals surface area contributed by atoms with Crippen molar-refractivity contribution in [2.75, 3.05) is 0 Å². The van der Waals surface area contributed by atoms with Crippen molar-refractivity contribution in [2.24, 2.45) is 0 Å². The molecule has 1 atom stereocenters. The summed E-state index contributed by atoms with van der Waals surface area (Å²) in [5, 5.41) is 17.1. The maximum Gasteiger partial charge on any atom is 0.409 e. The van der Waals surface area contributed by atoms with Crippen LogP contribution in [0.25, 0.3) is 0 Å². The molecule has 0 spiro atoms. The third-order valence-corrected chi connectivity index (χ3v) is 0.895. The van der Waals surface area contributed by atoms with Gasteiger partial charge in [0.2, 0.25) is 0 Å². The van der Waals surface area contributed by atoms with Crippen LogP contribution >= 0.6 is 0 Å². The third kappa shape index (κ3) is 1.83. The second-order valence-electron chi connectivity index (χ2n) is 1.62. The molecule has 0 fully saturated rings. The molecule has 0 saturated heterocycles. The second-order valence-corrected chi connectivity index (χ2v) is 1.62. The summed E-state index contributed by atoms with van der Waals surface area (Å²) in [5.41, 5.74) is 0. The Balaban J connectivity index is 4.14. The van der Waals surface area contributed by atoms with E-state index in [0.717, 1.165) is 6.92 Å². The molecule has 0 heterocycles. The Hall–Kier alpha value is -0.290. The van der Waals surface area contributed by atoms with Gasteiger partial charge in [-0.1, -0.05) is 6.92 Å². The smallest absolute Gasteiger partial charge is 0.333 e. The number of rotatable bonds is 2. The quantitative estimate of drug-likeness (QED) is 0.577. The van der Waals surface area contributed by atoms with E-state index in [9.17, 15) is 18.3 Å². The molecule has 0 saturated carbocycles. The molecule has 0 aliphatic rings. The minimum atomic E-state index is -4.64. The molecular weight excluding hydrogens is 137 g/mol. The van der Waals surface area contributed by atoms with Crippen molar-refractivity contribution in [1.82, 2.24) is 0 Å². The zero-order valence-corrected chi connectivity index (χ0v) is 4.70. The van der Waals surface area contributed by atoms with Gasteiger partial charge in [0.05, 0.1) is 0 Å². The summed E-state index contributed by atoms with van der Waals surface area (Å²) < 4.78 is 34.9. The zero-order chi connectivity index (χ0) is 7.71. The molecule has 0 aromatic carbocycles. The van der Waals surface area contributed by atoms with E-state index in [1.165, 1.54) is 0 Å². The van der Waals surface area contributed by atoms with Gasteiger partial charge in [0.15, 0.2) is 0 Å². The molecule has 0 aromatic heterocycles. The molecule has 1 unspecified atom stereocenters. The third-order valence-electron chi connectivity index (χ3n) is 0.895. The Morgan fingerprint density at radius 1 is 1.44 bits per heavy atom. The van der Waals surface area contributed by atoms with Crippen LogP contribution in [0, 0.1) is 0 Å². The van der Waals surface area contributed by atoms with Crippen molar-refractivity contribution in [2.45, 2.75) is 25.3 Å². The summed E-state index contributed by atoms with van der Waals surface area (Å²) in [6.07, 6.45) is -1.01. The lowest BCUT2D eigenvalue weighted by molar-refractivity contribution is -0.393. The van der Waals surface area contributed by atoms with E-state index in [1.807, 2.05) is 0 Å². The Morgan fingerprint density at radius 2 is 1.78 bits per heavy atom. The fourth-order valence-corrected chi connectivity index (χ4v) is 0.218. The van der Waals surface area contributed by atoms with Gasteiger partial charge in [0, 0.05) is 6.42 Å². The van der Waals surface area contributed by atoms with E-state index < -0.39 is 18.4 Å². The maximum absolute atomic E-state index is 11.7. The van der Waals surface area contributed by atoms with Gasteiger partial charge in [-0.05, 0) is 0 Å². The van der Waals surface area contributed by atoms with Crippen molar-refractivity contribution >= 4 is 0 Å². The number of aliphatic hydroxyl groups is 1. The summed E-state index contributed by atoms with van der Waals surface area (Å²) in [7, 11) is 0. The van der Waals surface area contributed by atoms with Gasteiger partial charge in [-0.15, -0.1) is 0 Å². The fraction of sp³-hybridized carbons (Fsp3) is 1.00. The van der Waals surface area contributed by atoms with Crippen LogP contribution in [0.1, 0.15) is 13.3 Å². The molecule has 0 amide bonds. The minimum Gasteiger partial charge on any atom is -0.333 e. The van der Waals surface area contributed by atoms with Gasteiger partial charge in [-0.3, -0.25) is 0 Å². The van der Waals surface area contributed by atoms with Gasteiger partial charge in [0.25, 0.3) is 0 Å². The number of alkyl halides is 3. The highest BCUT2D eigenvalue weighted by Gasteiger charge is 2.53. The highest BCUT2D eigenvalue weighted by atomic mass is 19.3. The molecule has 0 aromatic rings. The normalized spacial score (nSPS) is 14.0. The molecule has 0 rings (SSSR count). The molecule has 2 nitrogen and oxygen atoms in total. The van der Waals surface area contributed by atoms with Crippen LogP contribution in [0.5, 0.6) is 0 Å². The largest absolute Gasteiger partial charge is 0.409 e.